The van der Waals surface area contributed by atoms with E-state index in [1.807, 2.05) is 37.3 Å². The maximum absolute atomic E-state index is 14.1. The molecule has 2 aromatic carbocycles. The summed E-state index contributed by atoms with van der Waals surface area (Å²) in [4.78, 5) is 4.47. The molecule has 0 amide bonds. The first kappa shape index (κ1) is 13.8. The van der Waals surface area contributed by atoms with E-state index in [0.717, 1.165) is 11.1 Å². The molecule has 3 aromatic rings. The van der Waals surface area contributed by atoms with E-state index >= 15 is 0 Å². The average molecular weight is 302 g/mol. The molecule has 0 fully saturated rings. The highest BCUT2D eigenvalue weighted by molar-refractivity contribution is 6.37. The zero-order valence-electron chi connectivity index (χ0n) is 11.7. The normalized spacial score (nSPS) is 10.9. The molecular weight excluding hydrogens is 289 g/mol. The predicted octanol–water partition coefficient (Wildman–Crippen LogP) is 5.01. The third kappa shape index (κ3) is 2.24. The zero-order chi connectivity index (χ0) is 15.0. The van der Waals surface area contributed by atoms with Gasteiger partial charge in [-0.1, -0.05) is 41.9 Å². The van der Waals surface area contributed by atoms with Crippen LogP contribution in [0.25, 0.3) is 22.2 Å². The van der Waals surface area contributed by atoms with E-state index in [-0.39, 0.29) is 5.52 Å². The maximum Gasteiger partial charge on any atom is 0.149 e. The van der Waals surface area contributed by atoms with E-state index in [9.17, 15) is 4.39 Å². The summed E-state index contributed by atoms with van der Waals surface area (Å²) in [6.07, 6.45) is 0. The molecule has 0 radical (unpaired) electrons. The fourth-order valence-electron chi connectivity index (χ4n) is 2.40. The van der Waals surface area contributed by atoms with E-state index in [4.69, 9.17) is 16.3 Å². The molecule has 0 N–H and O–H groups in total. The number of hydrogen-bond acceptors (Lipinski definition) is 2. The molecular formula is C17H13ClFNO. The van der Waals surface area contributed by atoms with Crippen molar-refractivity contribution >= 4 is 22.5 Å². The Morgan fingerprint density at radius 2 is 1.81 bits per heavy atom. The first-order chi connectivity index (χ1) is 10.1. The van der Waals surface area contributed by atoms with Crippen LogP contribution in [0, 0.1) is 12.7 Å². The number of aromatic nitrogens is 1. The van der Waals surface area contributed by atoms with Gasteiger partial charge in [0, 0.05) is 5.56 Å². The van der Waals surface area contributed by atoms with Gasteiger partial charge in [0.25, 0.3) is 0 Å². The van der Waals surface area contributed by atoms with E-state index in [1.54, 1.807) is 6.07 Å². The van der Waals surface area contributed by atoms with Gasteiger partial charge in [-0.25, -0.2) is 9.37 Å². The van der Waals surface area contributed by atoms with Crippen LogP contribution in [0.4, 0.5) is 4.39 Å². The number of rotatable bonds is 2. The van der Waals surface area contributed by atoms with Crippen molar-refractivity contribution in [2.24, 2.45) is 0 Å². The number of methoxy groups -OCH3 is 1. The minimum Gasteiger partial charge on any atom is -0.496 e. The summed E-state index contributed by atoms with van der Waals surface area (Å²) in [5.74, 6) is 0.108. The van der Waals surface area contributed by atoms with Gasteiger partial charge in [-0.05, 0) is 24.6 Å². The van der Waals surface area contributed by atoms with Crippen LogP contribution in [0.2, 0.25) is 5.02 Å². The van der Waals surface area contributed by atoms with Gasteiger partial charge < -0.3 is 4.74 Å². The molecule has 0 saturated heterocycles. The Morgan fingerprint density at radius 1 is 1.10 bits per heavy atom. The van der Waals surface area contributed by atoms with Gasteiger partial charge in [0.1, 0.15) is 17.1 Å². The Balaban J connectivity index is 2.41. The van der Waals surface area contributed by atoms with Crippen molar-refractivity contribution in [2.75, 3.05) is 7.11 Å². The minimum atomic E-state index is -0.412. The van der Waals surface area contributed by atoms with Crippen molar-refractivity contribution < 1.29 is 9.13 Å². The van der Waals surface area contributed by atoms with E-state index in [0.29, 0.717) is 21.9 Å². The molecule has 0 unspecified atom stereocenters. The van der Waals surface area contributed by atoms with Gasteiger partial charge in [0.2, 0.25) is 0 Å². The highest BCUT2D eigenvalue weighted by atomic mass is 35.5. The number of fused-ring (bicyclic) bond motifs is 1. The standard InChI is InChI=1S/C17H13ClFNO/c1-10-15(18)14-13(21-2)9-8-12(19)17(14)20-16(10)11-6-4-3-5-7-11/h3-9H,1-2H3. The van der Waals surface area contributed by atoms with Crippen molar-refractivity contribution in [3.05, 3.63) is 58.9 Å². The lowest BCUT2D eigenvalue weighted by molar-refractivity contribution is 0.419. The molecule has 21 heavy (non-hydrogen) atoms. The van der Waals surface area contributed by atoms with Crippen LogP contribution in [-0.4, -0.2) is 12.1 Å². The number of hydrogen-bond donors (Lipinski definition) is 0. The van der Waals surface area contributed by atoms with Crippen LogP contribution in [0.3, 0.4) is 0 Å². The molecule has 0 atom stereocenters. The highest BCUT2D eigenvalue weighted by Crippen LogP contribution is 2.38. The first-order valence-electron chi connectivity index (χ1n) is 6.51. The van der Waals surface area contributed by atoms with Crippen LogP contribution in [0.1, 0.15) is 5.56 Å². The number of nitrogens with zero attached hydrogens (tertiary/aromatic N) is 1. The van der Waals surface area contributed by atoms with Gasteiger partial charge >= 0.3 is 0 Å². The lowest BCUT2D eigenvalue weighted by atomic mass is 10.0. The average Bonchev–Trinajstić information content (AvgIpc) is 2.52. The Kier molecular flexibility index (Phi) is 3.52. The smallest absolute Gasteiger partial charge is 0.149 e. The van der Waals surface area contributed by atoms with Crippen LogP contribution in [0.15, 0.2) is 42.5 Å². The quantitative estimate of drug-likeness (QED) is 0.663. The first-order valence-corrected chi connectivity index (χ1v) is 6.89. The SMILES string of the molecule is COc1ccc(F)c2nc(-c3ccccc3)c(C)c(Cl)c12. The van der Waals surface area contributed by atoms with E-state index in [2.05, 4.69) is 4.98 Å². The second kappa shape index (κ2) is 5.34. The molecule has 0 spiro atoms. The van der Waals surface area contributed by atoms with E-state index in [1.165, 1.54) is 13.2 Å². The van der Waals surface area contributed by atoms with Gasteiger partial charge in [-0.2, -0.15) is 0 Å². The molecule has 1 aromatic heterocycles. The maximum atomic E-state index is 14.1. The van der Waals surface area contributed by atoms with Crippen molar-refractivity contribution in [3.63, 3.8) is 0 Å². The zero-order valence-corrected chi connectivity index (χ0v) is 12.4. The molecule has 106 valence electrons. The van der Waals surface area contributed by atoms with Gasteiger partial charge in [-0.3, -0.25) is 0 Å². The van der Waals surface area contributed by atoms with Crippen LogP contribution < -0.4 is 4.74 Å². The Morgan fingerprint density at radius 3 is 2.48 bits per heavy atom. The topological polar surface area (TPSA) is 22.1 Å². The summed E-state index contributed by atoms with van der Waals surface area (Å²) in [6, 6.07) is 12.5. The second-order valence-corrected chi connectivity index (χ2v) is 5.12. The third-order valence-corrected chi connectivity index (χ3v) is 3.96. The fraction of sp³-hybridized carbons (Fsp3) is 0.118. The molecule has 4 heteroatoms. The van der Waals surface area contributed by atoms with Crippen molar-refractivity contribution in [2.45, 2.75) is 6.92 Å². The van der Waals surface area contributed by atoms with Crippen LogP contribution >= 0.6 is 11.6 Å². The molecule has 2 nitrogen and oxygen atoms in total. The largest absolute Gasteiger partial charge is 0.496 e. The summed E-state index contributed by atoms with van der Waals surface area (Å²) in [7, 11) is 1.53. The number of halogens is 2. The summed E-state index contributed by atoms with van der Waals surface area (Å²) < 4.78 is 19.4. The van der Waals surface area contributed by atoms with Crippen LogP contribution in [0.5, 0.6) is 5.75 Å². The van der Waals surface area contributed by atoms with Crippen molar-refractivity contribution in [3.8, 4) is 17.0 Å². The second-order valence-electron chi connectivity index (χ2n) is 4.74. The Labute approximate surface area is 127 Å². The highest BCUT2D eigenvalue weighted by Gasteiger charge is 2.17. The third-order valence-electron chi connectivity index (χ3n) is 3.49. The number of ether oxygens (including phenoxy) is 1. The molecule has 1 heterocycles. The summed E-state index contributed by atoms with van der Waals surface area (Å²) in [6.45, 7) is 1.88. The minimum absolute atomic E-state index is 0.226. The molecule has 0 saturated carbocycles. The van der Waals surface area contributed by atoms with Gasteiger partial charge in [0.15, 0.2) is 0 Å². The number of pyridine rings is 1. The molecule has 0 aliphatic rings. The van der Waals surface area contributed by atoms with Gasteiger partial charge in [0.05, 0.1) is 23.2 Å². The lowest BCUT2D eigenvalue weighted by Crippen LogP contribution is -1.96. The summed E-state index contributed by atoms with van der Waals surface area (Å²) in [5.41, 5.74) is 2.62. The molecule has 3 rings (SSSR count). The van der Waals surface area contributed by atoms with Gasteiger partial charge in [-0.15, -0.1) is 0 Å². The summed E-state index contributed by atoms with van der Waals surface area (Å²) >= 11 is 6.45. The van der Waals surface area contributed by atoms with E-state index < -0.39 is 5.82 Å². The number of benzene rings is 2. The Bertz CT molecular complexity index is 818. The Hall–Kier alpha value is -2.13. The summed E-state index contributed by atoms with van der Waals surface area (Å²) in [5, 5.41) is 0.978. The molecule has 0 aliphatic heterocycles. The fourth-order valence-corrected chi connectivity index (χ4v) is 2.68. The van der Waals surface area contributed by atoms with Crippen molar-refractivity contribution in [1.82, 2.24) is 4.98 Å². The predicted molar refractivity (Wildman–Crippen MR) is 83.4 cm³/mol. The lowest BCUT2D eigenvalue weighted by Gasteiger charge is -2.13. The molecule has 0 bridgehead atoms. The van der Waals surface area contributed by atoms with Crippen LogP contribution in [-0.2, 0) is 0 Å². The molecule has 0 aliphatic carbocycles. The van der Waals surface area contributed by atoms with Crippen molar-refractivity contribution in [1.29, 1.82) is 0 Å². The monoisotopic (exact) mass is 301 g/mol.